The van der Waals surface area contributed by atoms with Crippen molar-refractivity contribution in [3.8, 4) is 34.9 Å². The molecule has 36 heavy (non-hydrogen) atoms. The Hall–Kier alpha value is -5.07. The summed E-state index contributed by atoms with van der Waals surface area (Å²) in [4.78, 5) is 28.9. The Morgan fingerprint density at radius 3 is 2.42 bits per heavy atom. The number of hydrogen-bond acceptors (Lipinski definition) is 9. The number of rotatable bonds is 7. The Morgan fingerprint density at radius 1 is 1.14 bits per heavy atom. The van der Waals surface area contributed by atoms with E-state index in [1.54, 1.807) is 24.3 Å². The Balaban J connectivity index is 1.50. The van der Waals surface area contributed by atoms with E-state index < -0.39 is 5.63 Å². The molecule has 1 amide bonds. The number of nitrogen functional groups attached to an aromatic ring is 1. The van der Waals surface area contributed by atoms with Crippen LogP contribution in [0.4, 0.5) is 11.5 Å². The highest BCUT2D eigenvalue weighted by Gasteiger charge is 2.31. The van der Waals surface area contributed by atoms with Crippen molar-refractivity contribution in [1.29, 1.82) is 10.5 Å². The summed E-state index contributed by atoms with van der Waals surface area (Å²) in [5, 5.41) is 24.6. The Morgan fingerprint density at radius 2 is 1.81 bits per heavy atom. The molecule has 0 unspecified atom stereocenters. The van der Waals surface area contributed by atoms with Crippen molar-refractivity contribution < 1.29 is 18.7 Å². The minimum Gasteiger partial charge on any atom is -0.457 e. The molecule has 2 aromatic heterocycles. The van der Waals surface area contributed by atoms with E-state index in [-0.39, 0.29) is 44.9 Å². The summed E-state index contributed by atoms with van der Waals surface area (Å²) in [5.74, 6) is 0.656. The number of nitrogens with zero attached hydrogens (tertiary/aromatic N) is 4. The van der Waals surface area contributed by atoms with Gasteiger partial charge in [0.05, 0.1) is 11.3 Å². The molecule has 0 aliphatic carbocycles. The highest BCUT2D eigenvalue weighted by Crippen LogP contribution is 2.33. The van der Waals surface area contributed by atoms with Crippen LogP contribution in [-0.2, 0) is 11.8 Å². The Kier molecular flexibility index (Phi) is 6.99. The average Bonchev–Trinajstić information content (AvgIpc) is 3.21. The van der Waals surface area contributed by atoms with E-state index in [0.29, 0.717) is 17.2 Å². The van der Waals surface area contributed by atoms with Crippen molar-refractivity contribution in [2.24, 2.45) is 7.05 Å². The van der Waals surface area contributed by atoms with Gasteiger partial charge in [0, 0.05) is 5.69 Å². The van der Waals surface area contributed by atoms with E-state index in [1.807, 2.05) is 42.5 Å². The van der Waals surface area contributed by atoms with Gasteiger partial charge in [-0.05, 0) is 41.7 Å². The lowest BCUT2D eigenvalue weighted by molar-refractivity contribution is -0.730. The van der Waals surface area contributed by atoms with Gasteiger partial charge in [0.2, 0.25) is 5.91 Å². The minimum atomic E-state index is -0.788. The lowest BCUT2D eigenvalue weighted by Crippen LogP contribution is -2.34. The highest BCUT2D eigenvalue weighted by molar-refractivity contribution is 8.00. The van der Waals surface area contributed by atoms with Crippen LogP contribution in [0.3, 0.4) is 0 Å². The smallest absolute Gasteiger partial charge is 0.435 e. The van der Waals surface area contributed by atoms with Crippen LogP contribution in [0.25, 0.3) is 11.3 Å². The average molecular weight is 501 g/mol. The SMILES string of the molecule is C[n+]1[nH]oc(=O)c1-c1c(C#N)c(N)nc(SCC(=O)Nc2ccc(Oc3ccccc3)cc2)c1C#N. The summed E-state index contributed by atoms with van der Waals surface area (Å²) in [6.45, 7) is 0. The molecule has 0 bridgehead atoms. The molecule has 0 aliphatic heterocycles. The molecule has 178 valence electrons. The predicted molar refractivity (Wildman–Crippen MR) is 130 cm³/mol. The number of ether oxygens (including phenoxy) is 1. The number of aromatic amines is 1. The normalized spacial score (nSPS) is 10.3. The molecular formula is C24H18N7O4S+. The summed E-state index contributed by atoms with van der Waals surface area (Å²) < 4.78 is 11.7. The largest absolute Gasteiger partial charge is 0.457 e. The van der Waals surface area contributed by atoms with Gasteiger partial charge in [0.25, 0.3) is 0 Å². The van der Waals surface area contributed by atoms with Crippen molar-refractivity contribution in [1.82, 2.24) is 10.3 Å². The summed E-state index contributed by atoms with van der Waals surface area (Å²) in [5.41, 5.74) is 5.42. The fraction of sp³-hybridized carbons (Fsp3) is 0.0833. The van der Waals surface area contributed by atoms with E-state index in [0.717, 1.165) is 11.8 Å². The van der Waals surface area contributed by atoms with Gasteiger partial charge in [-0.2, -0.15) is 10.5 Å². The monoisotopic (exact) mass is 500 g/mol. The first-order valence-corrected chi connectivity index (χ1v) is 11.4. The number of aryl methyl sites for hydroxylation is 1. The Bertz CT molecular complexity index is 1570. The summed E-state index contributed by atoms with van der Waals surface area (Å²) in [6, 6.07) is 20.0. The van der Waals surface area contributed by atoms with Gasteiger partial charge in [-0.25, -0.2) is 9.78 Å². The van der Waals surface area contributed by atoms with Crippen LogP contribution in [0.5, 0.6) is 11.5 Å². The van der Waals surface area contributed by atoms with Gasteiger partial charge in [-0.15, -0.1) is 0 Å². The minimum absolute atomic E-state index is 0.0121. The fourth-order valence-corrected chi connectivity index (χ4v) is 4.11. The number of nitriles is 2. The molecule has 11 nitrogen and oxygen atoms in total. The van der Waals surface area contributed by atoms with Crippen molar-refractivity contribution in [3.05, 3.63) is 76.1 Å². The first-order chi connectivity index (χ1) is 17.4. The molecule has 2 aromatic carbocycles. The number of anilines is 2. The van der Waals surface area contributed by atoms with Gasteiger partial charge in [-0.1, -0.05) is 34.6 Å². The van der Waals surface area contributed by atoms with E-state index >= 15 is 0 Å². The summed E-state index contributed by atoms with van der Waals surface area (Å²) >= 11 is 0.949. The fourth-order valence-electron chi connectivity index (χ4n) is 3.31. The highest BCUT2D eigenvalue weighted by atomic mass is 32.2. The van der Waals surface area contributed by atoms with Crippen LogP contribution in [0, 0.1) is 22.7 Å². The number of carbonyl (C=O) groups is 1. The number of H-pyrrole nitrogens is 1. The van der Waals surface area contributed by atoms with E-state index in [4.69, 9.17) is 15.0 Å². The third-order valence-electron chi connectivity index (χ3n) is 4.91. The molecule has 0 saturated heterocycles. The number of amides is 1. The zero-order valence-electron chi connectivity index (χ0n) is 18.8. The molecule has 4 aromatic rings. The van der Waals surface area contributed by atoms with Gasteiger partial charge in [0.1, 0.15) is 45.6 Å². The lowest BCUT2D eigenvalue weighted by Gasteiger charge is -2.10. The number of pyridine rings is 1. The number of aromatic nitrogens is 3. The van der Waals surface area contributed by atoms with Gasteiger partial charge in [-0.3, -0.25) is 9.32 Å². The van der Waals surface area contributed by atoms with Gasteiger partial charge in [0.15, 0.2) is 7.05 Å². The third kappa shape index (κ3) is 5.04. The van der Waals surface area contributed by atoms with Gasteiger partial charge >= 0.3 is 11.3 Å². The van der Waals surface area contributed by atoms with Crippen LogP contribution >= 0.6 is 11.8 Å². The molecule has 0 aliphatic rings. The molecule has 0 spiro atoms. The van der Waals surface area contributed by atoms with Crippen LogP contribution in [0.1, 0.15) is 11.1 Å². The number of nitrogens with two attached hydrogens (primary N) is 1. The van der Waals surface area contributed by atoms with Crippen molar-refractivity contribution in [3.63, 3.8) is 0 Å². The van der Waals surface area contributed by atoms with E-state index in [9.17, 15) is 20.1 Å². The van der Waals surface area contributed by atoms with Crippen LogP contribution in [0.15, 0.2) is 68.9 Å². The predicted octanol–water partition coefficient (Wildman–Crippen LogP) is 2.70. The third-order valence-corrected chi connectivity index (χ3v) is 5.89. The first kappa shape index (κ1) is 24.1. The number of carbonyl (C=O) groups excluding carboxylic acids is 1. The van der Waals surface area contributed by atoms with Crippen LogP contribution in [-0.4, -0.2) is 21.9 Å². The molecule has 4 rings (SSSR count). The van der Waals surface area contributed by atoms with Crippen molar-refractivity contribution in [2.75, 3.05) is 16.8 Å². The lowest BCUT2D eigenvalue weighted by atomic mass is 10.0. The molecule has 0 radical (unpaired) electrons. The number of para-hydroxylation sites is 1. The van der Waals surface area contributed by atoms with Crippen LogP contribution in [0.2, 0.25) is 0 Å². The maximum absolute atomic E-state index is 12.6. The quantitative estimate of drug-likeness (QED) is 0.254. The molecule has 2 heterocycles. The zero-order chi connectivity index (χ0) is 25.7. The molecule has 0 saturated carbocycles. The second-order valence-electron chi connectivity index (χ2n) is 7.32. The molecular weight excluding hydrogens is 482 g/mol. The van der Waals surface area contributed by atoms with E-state index in [1.165, 1.54) is 11.7 Å². The second kappa shape index (κ2) is 10.5. The molecule has 0 fully saturated rings. The maximum atomic E-state index is 12.6. The second-order valence-corrected chi connectivity index (χ2v) is 8.28. The summed E-state index contributed by atoms with van der Waals surface area (Å²) in [6.07, 6.45) is 0. The molecule has 12 heteroatoms. The van der Waals surface area contributed by atoms with Crippen molar-refractivity contribution >= 4 is 29.2 Å². The van der Waals surface area contributed by atoms with E-state index in [2.05, 4.69) is 15.6 Å². The number of thioether (sulfide) groups is 1. The van der Waals surface area contributed by atoms with Crippen molar-refractivity contribution in [2.45, 2.75) is 5.03 Å². The number of hydrogen-bond donors (Lipinski definition) is 3. The van der Waals surface area contributed by atoms with Gasteiger partial charge < -0.3 is 15.8 Å². The Labute approximate surface area is 208 Å². The molecule has 4 N–H and O–H groups in total. The molecule has 0 atom stereocenters. The number of nitrogens with one attached hydrogen (secondary N) is 2. The number of benzene rings is 2. The maximum Gasteiger partial charge on any atom is 0.435 e. The first-order valence-electron chi connectivity index (χ1n) is 10.4. The summed E-state index contributed by atoms with van der Waals surface area (Å²) in [7, 11) is 1.48. The van der Waals surface area contributed by atoms with Crippen LogP contribution < -0.4 is 26.1 Å². The topological polar surface area (TPSA) is 175 Å². The zero-order valence-corrected chi connectivity index (χ0v) is 19.6. The standard InChI is InChI=1S/C24H17N7O4S/c1-31-21(24(33)35-30-31)20-17(11-25)22(27)29-23(18(20)12-26)36-13-19(32)28-14-7-9-16(10-8-14)34-15-5-3-2-4-6-15/h2-10H,13H2,1H3,(H3-,27,28,29,30,32,33)/p+1.